The van der Waals surface area contributed by atoms with Crippen molar-refractivity contribution in [1.29, 1.82) is 0 Å². The van der Waals surface area contributed by atoms with E-state index < -0.39 is 14.5 Å². The van der Waals surface area contributed by atoms with E-state index in [2.05, 4.69) is 0 Å². The van der Waals surface area contributed by atoms with E-state index in [1.165, 1.54) is 0 Å². The predicted molar refractivity (Wildman–Crippen MR) is 6.44 cm³/mol. The Bertz CT molecular complexity index is 57.4. The van der Waals surface area contributed by atoms with Crippen molar-refractivity contribution >= 4 is 14.5 Å². The zero-order valence-corrected chi connectivity index (χ0v) is 13.0. The Hall–Kier alpha value is 3.24. The molecule has 0 aliphatic rings. The zero-order chi connectivity index (χ0) is 4.50. The fourth-order valence-corrected chi connectivity index (χ4v) is 0. The Morgan fingerprint density at radius 3 is 0.875 bits per heavy atom. The summed E-state index contributed by atoms with van der Waals surface area (Å²) in [5, 5.41) is 0. The van der Waals surface area contributed by atoms with Gasteiger partial charge in [-0.05, 0) is 0 Å². The van der Waals surface area contributed by atoms with Crippen LogP contribution in [-0.2, 0) is 3.74 Å². The molecule has 0 rings (SSSR count). The second-order valence-electron chi connectivity index (χ2n) is 0.447. The van der Waals surface area contributed by atoms with Crippen LogP contribution < -0.4 is 101 Å². The van der Waals surface area contributed by atoms with Gasteiger partial charge in [0.15, 0.2) is 0 Å². The first kappa shape index (κ1) is 22.5. The van der Waals surface area contributed by atoms with Gasteiger partial charge in [0.25, 0.3) is 0 Å². The summed E-state index contributed by atoms with van der Waals surface area (Å²) < 4.78 is 34.4. The summed E-state index contributed by atoms with van der Waals surface area (Å²) in [6, 6.07) is 0. The molecule has 0 fully saturated rings. The minimum Gasteiger partial charge on any atom is 1.00 e. The maximum Gasteiger partial charge on any atom is 1.00 e. The van der Waals surface area contributed by atoms with Crippen LogP contribution in [0.3, 0.4) is 0 Å². The molecule has 0 bridgehead atoms. The summed E-state index contributed by atoms with van der Waals surface area (Å²) in [6.45, 7) is 0. The van der Waals surface area contributed by atoms with Crippen molar-refractivity contribution in [2.24, 2.45) is 0 Å². The van der Waals surface area contributed by atoms with Crippen molar-refractivity contribution in [2.45, 2.75) is 0 Å². The molecule has 0 aromatic carbocycles. The molecule has 8 heavy (non-hydrogen) atoms. The van der Waals surface area contributed by atoms with E-state index in [1.54, 1.807) is 0 Å². The molecule has 0 saturated carbocycles. The van der Waals surface area contributed by atoms with E-state index in [0.717, 1.165) is 0 Å². The number of hydrogen-bond acceptors (Lipinski definition) is 4. The Labute approximate surface area is 117 Å². The minimum absolute atomic E-state index is 0. The zero-order valence-electron chi connectivity index (χ0n) is 5.08. The van der Waals surface area contributed by atoms with Gasteiger partial charge >= 0.3 is 119 Å². The monoisotopic (exact) mass is 208 g/mol. The van der Waals surface area contributed by atoms with Gasteiger partial charge in [-0.25, -0.2) is 0 Å². The standard InChI is InChI=1S/AsH3O4.3Na/c2-1(3,4)5;;;/h(H3,2,3,4,5);;;/q;3*+1/p-3. The first-order valence-electron chi connectivity index (χ1n) is 0.730. The maximum absolute atomic E-state index is 8.61. The minimum atomic E-state index is -5.88. The van der Waals surface area contributed by atoms with E-state index in [-0.39, 0.29) is 88.7 Å². The van der Waals surface area contributed by atoms with E-state index >= 15 is 0 Å². The molecule has 32 valence electrons. The second-order valence-corrected chi connectivity index (χ2v) is 2.32. The molecule has 0 radical (unpaired) electrons. The van der Waals surface area contributed by atoms with E-state index in [9.17, 15) is 0 Å². The van der Waals surface area contributed by atoms with Crippen molar-refractivity contribution < 1.29 is 105 Å². The molecular formula is AsNa3O4. The van der Waals surface area contributed by atoms with Gasteiger partial charge < -0.3 is 0 Å². The quantitative estimate of drug-likeness (QED) is 0.370. The first-order valence-corrected chi connectivity index (χ1v) is 3.79. The summed E-state index contributed by atoms with van der Waals surface area (Å²) in [5.41, 5.74) is 0. The van der Waals surface area contributed by atoms with Gasteiger partial charge in [0.2, 0.25) is 0 Å². The molecule has 8 heteroatoms. The molecular weight excluding hydrogens is 208 g/mol. The molecule has 0 spiro atoms. The van der Waals surface area contributed by atoms with E-state index in [4.69, 9.17) is 16.0 Å². The molecule has 0 heterocycles. The van der Waals surface area contributed by atoms with Gasteiger partial charge in [-0.3, -0.25) is 0 Å². The third kappa shape index (κ3) is 59.8. The van der Waals surface area contributed by atoms with E-state index in [0.29, 0.717) is 0 Å². The number of rotatable bonds is 0. The fraction of sp³-hybridized carbons (Fsp3) is 0. The summed E-state index contributed by atoms with van der Waals surface area (Å²) in [7, 11) is 0. The predicted octanol–water partition coefficient (Wildman–Crippen LogP) is -13.1. The molecule has 0 N–H and O–H groups in total. The summed E-state index contributed by atoms with van der Waals surface area (Å²) >= 11 is -5.88. The number of hydrogen-bond donors (Lipinski definition) is 0. The van der Waals surface area contributed by atoms with Crippen molar-refractivity contribution in [1.82, 2.24) is 0 Å². The van der Waals surface area contributed by atoms with Crippen LogP contribution in [0, 0.1) is 0 Å². The van der Waals surface area contributed by atoms with Crippen molar-refractivity contribution in [3.63, 3.8) is 0 Å². The third-order valence-electron chi connectivity index (χ3n) is 0. The van der Waals surface area contributed by atoms with Gasteiger partial charge in [0, 0.05) is 0 Å². The molecule has 0 aliphatic heterocycles. The largest absolute Gasteiger partial charge is 1.00 e. The molecule has 0 atom stereocenters. The smallest absolute Gasteiger partial charge is 1.00 e. The van der Waals surface area contributed by atoms with Crippen LogP contribution in [0.5, 0.6) is 0 Å². The summed E-state index contributed by atoms with van der Waals surface area (Å²) in [4.78, 5) is 0. The van der Waals surface area contributed by atoms with Crippen molar-refractivity contribution in [2.75, 3.05) is 0 Å². The average Bonchev–Trinajstić information content (AvgIpc) is 0.722. The van der Waals surface area contributed by atoms with Crippen LogP contribution >= 0.6 is 0 Å². The van der Waals surface area contributed by atoms with Crippen LogP contribution in [0.15, 0.2) is 0 Å². The molecule has 0 aliphatic carbocycles. The molecule has 0 aromatic rings. The molecule has 4 nitrogen and oxygen atoms in total. The van der Waals surface area contributed by atoms with Gasteiger partial charge in [-0.1, -0.05) is 0 Å². The van der Waals surface area contributed by atoms with Gasteiger partial charge in [-0.15, -0.1) is 0 Å². The third-order valence-corrected chi connectivity index (χ3v) is 0. The first-order chi connectivity index (χ1) is 2.00. The Kier molecular flexibility index (Phi) is 28.8. The van der Waals surface area contributed by atoms with Crippen molar-refractivity contribution in [3.05, 3.63) is 0 Å². The molecule has 0 amide bonds. The Morgan fingerprint density at radius 1 is 0.875 bits per heavy atom. The molecule has 0 aromatic heterocycles. The van der Waals surface area contributed by atoms with Crippen LogP contribution in [0.25, 0.3) is 0 Å². The SMILES string of the molecule is O=[As]([O-])([O-])[O-].[Na+].[Na+].[Na+]. The molecule has 0 unspecified atom stereocenters. The topological polar surface area (TPSA) is 86.2 Å². The van der Waals surface area contributed by atoms with Gasteiger partial charge in [0.1, 0.15) is 0 Å². The fourth-order valence-electron chi connectivity index (χ4n) is 0. The Morgan fingerprint density at radius 2 is 0.875 bits per heavy atom. The normalized spacial score (nSPS) is 7.38. The van der Waals surface area contributed by atoms with Gasteiger partial charge in [-0.2, -0.15) is 0 Å². The maximum atomic E-state index is 8.61. The van der Waals surface area contributed by atoms with Crippen LogP contribution in [-0.4, -0.2) is 14.5 Å². The van der Waals surface area contributed by atoms with Gasteiger partial charge in [0.05, 0.1) is 0 Å². The summed E-state index contributed by atoms with van der Waals surface area (Å²) in [6.07, 6.45) is 0. The average molecular weight is 208 g/mol. The second kappa shape index (κ2) is 10.2. The van der Waals surface area contributed by atoms with Crippen molar-refractivity contribution in [3.8, 4) is 0 Å². The van der Waals surface area contributed by atoms with Crippen LogP contribution in [0.2, 0.25) is 0 Å². The Balaban J connectivity index is -0.0000000267. The summed E-state index contributed by atoms with van der Waals surface area (Å²) in [5.74, 6) is 0. The van der Waals surface area contributed by atoms with Crippen LogP contribution in [0.1, 0.15) is 0 Å². The van der Waals surface area contributed by atoms with Crippen LogP contribution in [0.4, 0.5) is 0 Å². The van der Waals surface area contributed by atoms with E-state index in [1.807, 2.05) is 0 Å². The molecule has 0 saturated heterocycles.